The Hall–Kier alpha value is -1.17. The molecule has 0 amide bonds. The number of benzene rings is 1. The van der Waals surface area contributed by atoms with E-state index in [4.69, 9.17) is 5.14 Å². The fraction of sp³-hybridized carbons (Fsp3) is 0.529. The molecule has 2 rings (SSSR count). The summed E-state index contributed by atoms with van der Waals surface area (Å²) < 4.78 is 23.8. The minimum absolute atomic E-state index is 0.332. The maximum absolute atomic E-state index is 10.8. The smallest absolute Gasteiger partial charge is 0.216 e. The second kappa shape index (κ2) is 9.08. The highest BCUT2D eigenvalue weighted by atomic mass is 32.2. The average Bonchev–Trinajstić information content (AvgIpc) is 2.50. The van der Waals surface area contributed by atoms with Crippen molar-refractivity contribution < 1.29 is 8.42 Å². The van der Waals surface area contributed by atoms with Crippen LogP contribution in [0.3, 0.4) is 0 Å². The van der Waals surface area contributed by atoms with Gasteiger partial charge in [-0.1, -0.05) is 51.1 Å². The van der Waals surface area contributed by atoms with Crippen LogP contribution in [0.15, 0.2) is 30.3 Å². The Labute approximate surface area is 135 Å². The summed E-state index contributed by atoms with van der Waals surface area (Å²) in [6.07, 6.45) is 6.55. The predicted molar refractivity (Wildman–Crippen MR) is 93.6 cm³/mol. The van der Waals surface area contributed by atoms with Gasteiger partial charge in [0.05, 0.1) is 0 Å². The van der Waals surface area contributed by atoms with Crippen molar-refractivity contribution in [3.8, 4) is 0 Å². The summed E-state index contributed by atoms with van der Waals surface area (Å²) in [5.41, 5.74) is 3.81. The Morgan fingerprint density at radius 2 is 1.86 bits per heavy atom. The summed E-state index contributed by atoms with van der Waals surface area (Å²) in [6.45, 7) is 6.62. The number of nitrogens with two attached hydrogens (primary N) is 1. The standard InChI is InChI=1S/C15H22N2O2S.C2H6/c1-12-2-6-14(7-3-12)15-8-4-13(5-9-15)10-11-17-20(16,18)19;1-2/h4-6,8-9,12,17H,2-3,7,10-11H2,1H3,(H2,16,18,19);1-2H3. The summed E-state index contributed by atoms with van der Waals surface area (Å²) in [5, 5.41) is 4.89. The van der Waals surface area contributed by atoms with Gasteiger partial charge in [0, 0.05) is 6.54 Å². The molecule has 0 saturated heterocycles. The highest BCUT2D eigenvalue weighted by Crippen LogP contribution is 2.29. The van der Waals surface area contributed by atoms with Crippen molar-refractivity contribution in [2.24, 2.45) is 11.1 Å². The molecule has 0 fully saturated rings. The molecule has 0 spiro atoms. The normalized spacial score (nSPS) is 18.2. The average molecular weight is 324 g/mol. The number of rotatable bonds is 5. The molecule has 4 nitrogen and oxygen atoms in total. The second-order valence-electron chi connectivity index (χ2n) is 5.50. The van der Waals surface area contributed by atoms with Gasteiger partial charge in [-0.2, -0.15) is 8.42 Å². The lowest BCUT2D eigenvalue weighted by Gasteiger charge is -2.18. The van der Waals surface area contributed by atoms with Gasteiger partial charge in [0.1, 0.15) is 0 Å². The molecular weight excluding hydrogens is 296 g/mol. The molecule has 0 saturated carbocycles. The van der Waals surface area contributed by atoms with Crippen LogP contribution in [0.4, 0.5) is 0 Å². The molecule has 1 aliphatic carbocycles. The first-order valence-electron chi connectivity index (χ1n) is 8.00. The lowest BCUT2D eigenvalue weighted by atomic mass is 9.87. The van der Waals surface area contributed by atoms with Gasteiger partial charge in [-0.25, -0.2) is 9.86 Å². The minimum Gasteiger partial charge on any atom is -0.216 e. The third-order valence-corrected chi connectivity index (χ3v) is 4.32. The first kappa shape index (κ1) is 18.9. The molecule has 1 aromatic carbocycles. The maximum Gasteiger partial charge on any atom is 0.274 e. The molecule has 5 heteroatoms. The minimum atomic E-state index is -3.58. The van der Waals surface area contributed by atoms with E-state index >= 15 is 0 Å². The third kappa shape index (κ3) is 6.73. The summed E-state index contributed by atoms with van der Waals surface area (Å²) in [5.74, 6) is 0.794. The maximum atomic E-state index is 10.8. The number of nitrogens with one attached hydrogen (secondary N) is 1. The van der Waals surface area contributed by atoms with E-state index in [1.54, 1.807) is 0 Å². The predicted octanol–water partition coefficient (Wildman–Crippen LogP) is 3.25. The van der Waals surface area contributed by atoms with Crippen molar-refractivity contribution in [3.05, 3.63) is 41.5 Å². The SMILES string of the molecule is CC.CC1CC=C(c2ccc(CCNS(N)(=O)=O)cc2)CC1. The second-order valence-corrected chi connectivity index (χ2v) is 6.87. The van der Waals surface area contributed by atoms with Crippen LogP contribution >= 0.6 is 0 Å². The molecule has 1 atom stereocenters. The van der Waals surface area contributed by atoms with E-state index in [0.717, 1.165) is 24.3 Å². The van der Waals surface area contributed by atoms with Crippen LogP contribution in [-0.2, 0) is 16.6 Å². The van der Waals surface area contributed by atoms with E-state index in [1.807, 2.05) is 13.8 Å². The molecule has 124 valence electrons. The lowest BCUT2D eigenvalue weighted by Crippen LogP contribution is -2.32. The molecule has 1 unspecified atom stereocenters. The summed E-state index contributed by atoms with van der Waals surface area (Å²) in [7, 11) is -3.58. The number of allylic oxidation sites excluding steroid dienone is 2. The Morgan fingerprint density at radius 1 is 1.23 bits per heavy atom. The number of hydrogen-bond acceptors (Lipinski definition) is 2. The van der Waals surface area contributed by atoms with E-state index in [1.165, 1.54) is 17.6 Å². The van der Waals surface area contributed by atoms with E-state index in [9.17, 15) is 8.42 Å². The van der Waals surface area contributed by atoms with Crippen LogP contribution in [0.1, 0.15) is 51.2 Å². The molecule has 0 radical (unpaired) electrons. The molecule has 22 heavy (non-hydrogen) atoms. The highest BCUT2D eigenvalue weighted by molar-refractivity contribution is 7.87. The molecule has 1 aromatic rings. The van der Waals surface area contributed by atoms with E-state index in [0.29, 0.717) is 13.0 Å². The van der Waals surface area contributed by atoms with E-state index in [2.05, 4.69) is 42.0 Å². The zero-order valence-electron chi connectivity index (χ0n) is 13.8. The van der Waals surface area contributed by atoms with Crippen molar-refractivity contribution in [1.82, 2.24) is 4.72 Å². The van der Waals surface area contributed by atoms with E-state index < -0.39 is 10.2 Å². The summed E-state index contributed by atoms with van der Waals surface area (Å²) >= 11 is 0. The molecule has 0 heterocycles. The van der Waals surface area contributed by atoms with Crippen LogP contribution in [0.25, 0.3) is 5.57 Å². The Bertz CT molecular complexity index is 577. The fourth-order valence-corrected chi connectivity index (χ4v) is 2.84. The zero-order chi connectivity index (χ0) is 16.6. The van der Waals surface area contributed by atoms with Crippen LogP contribution in [0, 0.1) is 5.92 Å². The van der Waals surface area contributed by atoms with Crippen molar-refractivity contribution >= 4 is 15.8 Å². The molecule has 0 aliphatic heterocycles. The van der Waals surface area contributed by atoms with Gasteiger partial charge in [0.25, 0.3) is 10.2 Å². The van der Waals surface area contributed by atoms with Gasteiger partial charge < -0.3 is 0 Å². The van der Waals surface area contributed by atoms with Crippen LogP contribution < -0.4 is 9.86 Å². The third-order valence-electron chi connectivity index (χ3n) is 3.71. The monoisotopic (exact) mass is 324 g/mol. The first-order valence-corrected chi connectivity index (χ1v) is 9.54. The van der Waals surface area contributed by atoms with Crippen molar-refractivity contribution in [2.75, 3.05) is 6.54 Å². The topological polar surface area (TPSA) is 72.2 Å². The quantitative estimate of drug-likeness (QED) is 0.872. The van der Waals surface area contributed by atoms with Crippen LogP contribution in [0.5, 0.6) is 0 Å². The highest BCUT2D eigenvalue weighted by Gasteiger charge is 2.11. The number of hydrogen-bond donors (Lipinski definition) is 2. The Balaban J connectivity index is 0.00000116. The van der Waals surface area contributed by atoms with Crippen molar-refractivity contribution in [3.63, 3.8) is 0 Å². The van der Waals surface area contributed by atoms with E-state index in [-0.39, 0.29) is 0 Å². The van der Waals surface area contributed by atoms with Crippen LogP contribution in [-0.4, -0.2) is 15.0 Å². The molecule has 0 aromatic heterocycles. The molecule has 0 bridgehead atoms. The molecule has 1 aliphatic rings. The first-order chi connectivity index (χ1) is 10.4. The molecule has 3 N–H and O–H groups in total. The molecular formula is C17H28N2O2S. The van der Waals surface area contributed by atoms with Gasteiger partial charge in [-0.05, 0) is 48.3 Å². The van der Waals surface area contributed by atoms with Gasteiger partial charge in [0.2, 0.25) is 0 Å². The summed E-state index contributed by atoms with van der Waals surface area (Å²) in [6, 6.07) is 8.35. The Morgan fingerprint density at radius 3 is 2.36 bits per heavy atom. The van der Waals surface area contributed by atoms with Crippen molar-refractivity contribution in [2.45, 2.75) is 46.5 Å². The van der Waals surface area contributed by atoms with Crippen molar-refractivity contribution in [1.29, 1.82) is 0 Å². The Kier molecular flexibility index (Phi) is 7.79. The van der Waals surface area contributed by atoms with Gasteiger partial charge in [-0.15, -0.1) is 0 Å². The lowest BCUT2D eigenvalue weighted by molar-refractivity contribution is 0.534. The fourth-order valence-electron chi connectivity index (χ4n) is 2.45. The van der Waals surface area contributed by atoms with Gasteiger partial charge in [-0.3, -0.25) is 0 Å². The van der Waals surface area contributed by atoms with Gasteiger partial charge in [0.15, 0.2) is 0 Å². The largest absolute Gasteiger partial charge is 0.274 e. The van der Waals surface area contributed by atoms with Crippen LogP contribution in [0.2, 0.25) is 0 Å². The zero-order valence-corrected chi connectivity index (χ0v) is 14.6. The van der Waals surface area contributed by atoms with Gasteiger partial charge >= 0.3 is 0 Å². The summed E-state index contributed by atoms with van der Waals surface area (Å²) in [4.78, 5) is 0.